The standard InChI is InChI=1S/C25H38N6O5/c1-25(2,3)36-24(35)30-19(15-17-9-5-4-6-10-17)22(34)31-14-8-12-20(31)21(33)29-18(16-32)11-7-13-28-23(26)27/h4-6,9-10,16,18-20H,7-8,11-15H2,1-3H3,(H,29,33)(H,30,35)(H4,26,27,28)/t18?,19-,20+/m1/s1. The van der Waals surface area contributed by atoms with E-state index in [1.165, 1.54) is 4.90 Å². The molecule has 0 aliphatic carbocycles. The summed E-state index contributed by atoms with van der Waals surface area (Å²) in [5.74, 6) is -0.819. The minimum atomic E-state index is -0.919. The first-order valence-electron chi connectivity index (χ1n) is 12.1. The van der Waals surface area contributed by atoms with Crippen molar-refractivity contribution in [3.8, 4) is 0 Å². The molecule has 3 atom stereocenters. The molecule has 0 aromatic heterocycles. The fourth-order valence-electron chi connectivity index (χ4n) is 3.98. The van der Waals surface area contributed by atoms with Crippen molar-refractivity contribution < 1.29 is 23.9 Å². The number of alkyl carbamates (subject to hydrolysis) is 1. The summed E-state index contributed by atoms with van der Waals surface area (Å²) in [6.45, 7) is 5.93. The topological polar surface area (TPSA) is 169 Å². The molecule has 1 saturated heterocycles. The second-order valence-corrected chi connectivity index (χ2v) is 9.78. The summed E-state index contributed by atoms with van der Waals surface area (Å²) in [5.41, 5.74) is 10.7. The third-order valence-corrected chi connectivity index (χ3v) is 5.57. The molecule has 0 bridgehead atoms. The SMILES string of the molecule is CC(C)(C)OC(=O)N[C@H](Cc1ccccc1)C(=O)N1CCC[C@H]1C(=O)NC(C=O)CCCN=C(N)N. The number of carbonyl (C=O) groups is 4. The molecule has 2 rings (SSSR count). The van der Waals surface area contributed by atoms with Crippen LogP contribution >= 0.6 is 0 Å². The average Bonchev–Trinajstić information content (AvgIpc) is 3.29. The highest BCUT2D eigenvalue weighted by atomic mass is 16.6. The highest BCUT2D eigenvalue weighted by molar-refractivity contribution is 5.92. The Labute approximate surface area is 212 Å². The number of nitrogens with one attached hydrogen (secondary N) is 2. The van der Waals surface area contributed by atoms with Crippen molar-refractivity contribution >= 4 is 30.2 Å². The summed E-state index contributed by atoms with van der Waals surface area (Å²) >= 11 is 0. The van der Waals surface area contributed by atoms with Crippen molar-refractivity contribution in [2.45, 2.75) is 76.6 Å². The number of ether oxygens (including phenoxy) is 1. The first kappa shape index (κ1) is 28.6. The van der Waals surface area contributed by atoms with E-state index in [0.717, 1.165) is 5.56 Å². The molecule has 0 saturated carbocycles. The third kappa shape index (κ3) is 9.55. The zero-order valence-electron chi connectivity index (χ0n) is 21.2. The van der Waals surface area contributed by atoms with Gasteiger partial charge in [0, 0.05) is 19.5 Å². The van der Waals surface area contributed by atoms with E-state index in [4.69, 9.17) is 16.2 Å². The van der Waals surface area contributed by atoms with E-state index in [0.29, 0.717) is 45.1 Å². The van der Waals surface area contributed by atoms with Crippen molar-refractivity contribution in [2.24, 2.45) is 16.5 Å². The lowest BCUT2D eigenvalue weighted by molar-refractivity contribution is -0.140. The van der Waals surface area contributed by atoms with Crippen LogP contribution in [0.15, 0.2) is 35.3 Å². The van der Waals surface area contributed by atoms with E-state index < -0.39 is 35.7 Å². The number of amides is 3. The zero-order valence-corrected chi connectivity index (χ0v) is 21.2. The molecule has 36 heavy (non-hydrogen) atoms. The van der Waals surface area contributed by atoms with E-state index >= 15 is 0 Å². The van der Waals surface area contributed by atoms with Gasteiger partial charge in [-0.2, -0.15) is 0 Å². The summed E-state index contributed by atoms with van der Waals surface area (Å²) in [6, 6.07) is 6.91. The Bertz CT molecular complexity index is 927. The number of nitrogens with zero attached hydrogens (tertiary/aromatic N) is 2. The number of likely N-dealkylation sites (tertiary alicyclic amines) is 1. The van der Waals surface area contributed by atoms with Gasteiger partial charge in [0.25, 0.3) is 0 Å². The Kier molecular flexibility index (Phi) is 10.7. The number of aliphatic imine (C=N–C) groups is 1. The van der Waals surface area contributed by atoms with E-state index in [1.54, 1.807) is 20.8 Å². The molecule has 1 unspecified atom stereocenters. The number of nitrogens with two attached hydrogens (primary N) is 2. The fourth-order valence-corrected chi connectivity index (χ4v) is 3.98. The van der Waals surface area contributed by atoms with Gasteiger partial charge in [-0.3, -0.25) is 14.6 Å². The minimum absolute atomic E-state index is 0.0353. The molecule has 1 heterocycles. The molecule has 1 aliphatic heterocycles. The fraction of sp³-hybridized carbons (Fsp3) is 0.560. The molecule has 0 spiro atoms. The van der Waals surface area contributed by atoms with Crippen molar-refractivity contribution in [1.29, 1.82) is 0 Å². The van der Waals surface area contributed by atoms with Gasteiger partial charge < -0.3 is 36.5 Å². The molecule has 198 valence electrons. The number of benzene rings is 1. The Balaban J connectivity index is 2.10. The minimum Gasteiger partial charge on any atom is -0.444 e. The van der Waals surface area contributed by atoms with Gasteiger partial charge in [0.1, 0.15) is 24.0 Å². The van der Waals surface area contributed by atoms with E-state index in [-0.39, 0.29) is 18.3 Å². The van der Waals surface area contributed by atoms with Crippen molar-refractivity contribution in [3.05, 3.63) is 35.9 Å². The van der Waals surface area contributed by atoms with Crippen LogP contribution in [0.1, 0.15) is 52.0 Å². The van der Waals surface area contributed by atoms with Gasteiger partial charge in [0.2, 0.25) is 11.8 Å². The third-order valence-electron chi connectivity index (χ3n) is 5.57. The van der Waals surface area contributed by atoms with Crippen LogP contribution in [0.2, 0.25) is 0 Å². The van der Waals surface area contributed by atoms with Crippen molar-refractivity contribution in [2.75, 3.05) is 13.1 Å². The Hall–Kier alpha value is -3.63. The first-order chi connectivity index (χ1) is 17.0. The normalized spacial score (nSPS) is 17.0. The molecule has 0 radical (unpaired) electrons. The lowest BCUT2D eigenvalue weighted by Gasteiger charge is -2.30. The van der Waals surface area contributed by atoms with Crippen LogP contribution in [-0.4, -0.2) is 71.9 Å². The van der Waals surface area contributed by atoms with Crippen LogP contribution in [0, 0.1) is 0 Å². The quantitative estimate of drug-likeness (QED) is 0.150. The monoisotopic (exact) mass is 502 g/mol. The molecule has 6 N–H and O–H groups in total. The van der Waals surface area contributed by atoms with Crippen molar-refractivity contribution in [1.82, 2.24) is 15.5 Å². The van der Waals surface area contributed by atoms with E-state index in [1.807, 2.05) is 30.3 Å². The molecule has 1 aromatic rings. The molecule has 11 nitrogen and oxygen atoms in total. The van der Waals surface area contributed by atoms with Crippen LogP contribution in [0.4, 0.5) is 4.79 Å². The number of guanidine groups is 1. The second-order valence-electron chi connectivity index (χ2n) is 9.78. The van der Waals surface area contributed by atoms with Gasteiger partial charge in [-0.25, -0.2) is 4.79 Å². The number of hydrogen-bond acceptors (Lipinski definition) is 6. The van der Waals surface area contributed by atoms with Gasteiger partial charge in [-0.1, -0.05) is 30.3 Å². The van der Waals surface area contributed by atoms with Crippen LogP contribution < -0.4 is 22.1 Å². The number of hydrogen-bond donors (Lipinski definition) is 4. The number of carbonyl (C=O) groups excluding carboxylic acids is 4. The lowest BCUT2D eigenvalue weighted by atomic mass is 10.0. The van der Waals surface area contributed by atoms with Gasteiger partial charge in [0.05, 0.1) is 6.04 Å². The predicted molar refractivity (Wildman–Crippen MR) is 136 cm³/mol. The Morgan fingerprint density at radius 3 is 2.50 bits per heavy atom. The summed E-state index contributed by atoms with van der Waals surface area (Å²) < 4.78 is 5.36. The van der Waals surface area contributed by atoms with Crippen LogP contribution in [0.3, 0.4) is 0 Å². The van der Waals surface area contributed by atoms with Gasteiger partial charge in [0.15, 0.2) is 5.96 Å². The number of aldehydes is 1. The maximum atomic E-state index is 13.6. The van der Waals surface area contributed by atoms with E-state index in [9.17, 15) is 19.2 Å². The lowest BCUT2D eigenvalue weighted by Crippen LogP contribution is -2.55. The molecule has 11 heteroatoms. The summed E-state index contributed by atoms with van der Waals surface area (Å²) in [5, 5.41) is 5.40. The Morgan fingerprint density at radius 1 is 1.19 bits per heavy atom. The summed E-state index contributed by atoms with van der Waals surface area (Å²) in [7, 11) is 0. The maximum Gasteiger partial charge on any atom is 0.408 e. The zero-order chi connectivity index (χ0) is 26.7. The predicted octanol–water partition coefficient (Wildman–Crippen LogP) is 0.851. The highest BCUT2D eigenvalue weighted by Gasteiger charge is 2.38. The van der Waals surface area contributed by atoms with Crippen LogP contribution in [-0.2, 0) is 25.5 Å². The molecular weight excluding hydrogens is 464 g/mol. The maximum absolute atomic E-state index is 13.6. The van der Waals surface area contributed by atoms with Crippen LogP contribution in [0.5, 0.6) is 0 Å². The first-order valence-corrected chi connectivity index (χ1v) is 12.1. The smallest absolute Gasteiger partial charge is 0.408 e. The molecule has 1 fully saturated rings. The van der Waals surface area contributed by atoms with E-state index in [2.05, 4.69) is 15.6 Å². The molecule has 1 aliphatic rings. The molecule has 3 amide bonds. The van der Waals surface area contributed by atoms with Gasteiger partial charge in [-0.05, 0) is 52.0 Å². The van der Waals surface area contributed by atoms with Crippen LogP contribution in [0.25, 0.3) is 0 Å². The summed E-state index contributed by atoms with van der Waals surface area (Å²) in [4.78, 5) is 55.9. The Morgan fingerprint density at radius 2 is 1.89 bits per heavy atom. The second kappa shape index (κ2) is 13.5. The molecule has 1 aromatic carbocycles. The average molecular weight is 503 g/mol. The van der Waals surface area contributed by atoms with Gasteiger partial charge in [-0.15, -0.1) is 0 Å². The van der Waals surface area contributed by atoms with Crippen molar-refractivity contribution in [3.63, 3.8) is 0 Å². The highest BCUT2D eigenvalue weighted by Crippen LogP contribution is 2.20. The number of rotatable bonds is 11. The summed E-state index contributed by atoms with van der Waals surface area (Å²) in [6.07, 6.45) is 2.16. The van der Waals surface area contributed by atoms with Gasteiger partial charge >= 0.3 is 6.09 Å². The molecular formula is C25H38N6O5. The largest absolute Gasteiger partial charge is 0.444 e.